The van der Waals surface area contributed by atoms with Gasteiger partial charge in [-0.25, -0.2) is 4.79 Å². The topological polar surface area (TPSA) is 86.3 Å². The summed E-state index contributed by atoms with van der Waals surface area (Å²) >= 11 is 6.17. The van der Waals surface area contributed by atoms with Crippen molar-refractivity contribution in [3.05, 3.63) is 29.3 Å². The molecule has 1 aromatic heterocycles. The van der Waals surface area contributed by atoms with Gasteiger partial charge in [0.15, 0.2) is 18.4 Å². The summed E-state index contributed by atoms with van der Waals surface area (Å²) in [5.74, 6) is 2.01. The summed E-state index contributed by atoms with van der Waals surface area (Å²) in [6.07, 6.45) is 3.57. The van der Waals surface area contributed by atoms with Crippen molar-refractivity contribution in [3.8, 4) is 22.8 Å². The molecule has 2 saturated heterocycles. The number of hydrogen-bond acceptors (Lipinski definition) is 8. The molecular weight excluding hydrogens is 484 g/mol. The summed E-state index contributed by atoms with van der Waals surface area (Å²) in [5.41, 5.74) is 0.900. The van der Waals surface area contributed by atoms with E-state index in [0.29, 0.717) is 28.8 Å². The Balaban J connectivity index is 1.36. The predicted molar refractivity (Wildman–Crippen MR) is 136 cm³/mol. The van der Waals surface area contributed by atoms with Crippen molar-refractivity contribution in [1.82, 2.24) is 15.1 Å². The molecular formula is C26H33ClN4O5. The molecule has 0 N–H and O–H groups in total. The van der Waals surface area contributed by atoms with Gasteiger partial charge in [0.2, 0.25) is 0 Å². The van der Waals surface area contributed by atoms with E-state index in [-0.39, 0.29) is 31.0 Å². The second-order valence-electron chi connectivity index (χ2n) is 10.5. The highest BCUT2D eigenvalue weighted by atomic mass is 35.5. The number of halogens is 1. The Morgan fingerprint density at radius 2 is 1.89 bits per heavy atom. The van der Waals surface area contributed by atoms with E-state index >= 15 is 0 Å². The lowest BCUT2D eigenvalue weighted by atomic mass is 9.95. The molecule has 1 amide bonds. The Hall–Kier alpha value is -2.78. The summed E-state index contributed by atoms with van der Waals surface area (Å²) in [5, 5.41) is 9.68. The molecule has 2 aromatic rings. The minimum absolute atomic E-state index is 0.0975. The minimum atomic E-state index is -0.498. The van der Waals surface area contributed by atoms with Gasteiger partial charge in [-0.3, -0.25) is 0 Å². The zero-order chi connectivity index (χ0) is 25.4. The van der Waals surface area contributed by atoms with Crippen LogP contribution in [0, 0.1) is 0 Å². The molecule has 2 unspecified atom stereocenters. The average molecular weight is 517 g/mol. The molecule has 2 bridgehead atoms. The highest BCUT2D eigenvalue weighted by Gasteiger charge is 2.47. The molecule has 0 aliphatic carbocycles. The fourth-order valence-corrected chi connectivity index (χ4v) is 5.65. The minimum Gasteiger partial charge on any atom is -0.488 e. The molecule has 1 aromatic carbocycles. The van der Waals surface area contributed by atoms with Crippen LogP contribution in [0.2, 0.25) is 5.02 Å². The molecule has 5 rings (SSSR count). The van der Waals surface area contributed by atoms with Crippen LogP contribution in [0.3, 0.4) is 0 Å². The maximum atomic E-state index is 12.9. The number of hydrogen-bond donors (Lipinski definition) is 0. The van der Waals surface area contributed by atoms with Gasteiger partial charge in [0.05, 0.1) is 6.54 Å². The van der Waals surface area contributed by atoms with Gasteiger partial charge in [0.1, 0.15) is 23.7 Å². The summed E-state index contributed by atoms with van der Waals surface area (Å²) in [6, 6.07) is 7.90. The van der Waals surface area contributed by atoms with Crippen LogP contribution in [-0.2, 0) is 9.47 Å². The Morgan fingerprint density at radius 1 is 1.14 bits per heavy atom. The van der Waals surface area contributed by atoms with Crippen molar-refractivity contribution in [2.24, 2.45) is 0 Å². The van der Waals surface area contributed by atoms with Gasteiger partial charge in [-0.1, -0.05) is 11.6 Å². The van der Waals surface area contributed by atoms with Crippen molar-refractivity contribution in [2.75, 3.05) is 32.0 Å². The summed E-state index contributed by atoms with van der Waals surface area (Å²) in [4.78, 5) is 17.1. The van der Waals surface area contributed by atoms with E-state index in [4.69, 9.17) is 30.5 Å². The van der Waals surface area contributed by atoms with E-state index < -0.39 is 5.60 Å². The first kappa shape index (κ1) is 24.9. The molecule has 2 atom stereocenters. The van der Waals surface area contributed by atoms with Gasteiger partial charge in [-0.15, -0.1) is 10.2 Å². The van der Waals surface area contributed by atoms with Gasteiger partial charge in [-0.2, -0.15) is 0 Å². The van der Waals surface area contributed by atoms with Crippen LogP contribution in [0.25, 0.3) is 11.3 Å². The Kier molecular flexibility index (Phi) is 6.87. The largest absolute Gasteiger partial charge is 0.488 e. The number of ether oxygens (including phenoxy) is 4. The SMILES string of the molecule is COCOc1cc(Cl)ccc1-c1cc2c(nn1)N(C1CC3CCC(C1)N3C(=O)OC(C)(C)C)CCO2. The number of methoxy groups -OCH3 is 1. The number of amides is 1. The van der Waals surface area contributed by atoms with Crippen LogP contribution in [0.15, 0.2) is 24.3 Å². The van der Waals surface area contributed by atoms with E-state index in [2.05, 4.69) is 15.1 Å². The van der Waals surface area contributed by atoms with Crippen molar-refractivity contribution in [3.63, 3.8) is 0 Å². The van der Waals surface area contributed by atoms with Gasteiger partial charge in [0.25, 0.3) is 0 Å². The molecule has 4 heterocycles. The van der Waals surface area contributed by atoms with E-state index in [9.17, 15) is 4.79 Å². The predicted octanol–water partition coefficient (Wildman–Crippen LogP) is 4.91. The van der Waals surface area contributed by atoms with Crippen molar-refractivity contribution in [2.45, 2.75) is 70.2 Å². The van der Waals surface area contributed by atoms with Crippen LogP contribution >= 0.6 is 11.6 Å². The molecule has 9 nitrogen and oxygen atoms in total. The maximum absolute atomic E-state index is 12.9. The molecule has 10 heteroatoms. The average Bonchev–Trinajstić information content (AvgIpc) is 3.11. The first-order valence-corrected chi connectivity index (χ1v) is 12.8. The quantitative estimate of drug-likeness (QED) is 0.518. The van der Waals surface area contributed by atoms with Gasteiger partial charge in [-0.05, 0) is 64.7 Å². The number of carbonyl (C=O) groups is 1. The van der Waals surface area contributed by atoms with Crippen LogP contribution in [0.5, 0.6) is 11.5 Å². The highest BCUT2D eigenvalue weighted by molar-refractivity contribution is 6.30. The maximum Gasteiger partial charge on any atom is 0.410 e. The van der Waals surface area contributed by atoms with E-state index in [1.165, 1.54) is 0 Å². The smallest absolute Gasteiger partial charge is 0.410 e. The lowest BCUT2D eigenvalue weighted by molar-refractivity contribution is 0.00559. The van der Waals surface area contributed by atoms with Crippen molar-refractivity contribution < 1.29 is 23.7 Å². The highest BCUT2D eigenvalue weighted by Crippen LogP contribution is 2.42. The third-order valence-corrected chi connectivity index (χ3v) is 7.14. The second kappa shape index (κ2) is 9.94. The number of piperidine rings is 1. The van der Waals surface area contributed by atoms with Gasteiger partial charge in [0, 0.05) is 41.9 Å². The number of carbonyl (C=O) groups excluding carboxylic acids is 1. The third kappa shape index (κ3) is 5.04. The molecule has 0 radical (unpaired) electrons. The number of fused-ring (bicyclic) bond motifs is 3. The lowest BCUT2D eigenvalue weighted by Gasteiger charge is -2.44. The number of rotatable bonds is 5. The Morgan fingerprint density at radius 3 is 2.58 bits per heavy atom. The Bertz CT molecular complexity index is 1110. The van der Waals surface area contributed by atoms with E-state index in [0.717, 1.165) is 43.6 Å². The standard InChI is InChI=1S/C26H33ClN4O5/c1-26(2,3)36-25(32)31-17-6-7-18(31)13-19(12-17)30-9-10-34-23-14-21(28-29-24(23)30)20-8-5-16(27)11-22(20)35-15-33-4/h5,8,11,14,17-19H,6-7,9-10,12-13,15H2,1-4H3. The molecule has 36 heavy (non-hydrogen) atoms. The fourth-order valence-electron chi connectivity index (χ4n) is 5.49. The second-order valence-corrected chi connectivity index (χ2v) is 11.0. The van der Waals surface area contributed by atoms with Crippen molar-refractivity contribution in [1.29, 1.82) is 0 Å². The summed E-state index contributed by atoms with van der Waals surface area (Å²) in [6.45, 7) is 7.13. The van der Waals surface area contributed by atoms with E-state index in [1.807, 2.05) is 37.8 Å². The number of nitrogens with zero attached hydrogens (tertiary/aromatic N) is 4. The van der Waals surface area contributed by atoms with E-state index in [1.54, 1.807) is 19.2 Å². The number of anilines is 1. The van der Waals surface area contributed by atoms with Crippen molar-refractivity contribution >= 4 is 23.5 Å². The Labute approximate surface area is 216 Å². The number of benzene rings is 1. The summed E-state index contributed by atoms with van der Waals surface area (Å²) < 4.78 is 22.5. The van der Waals surface area contributed by atoms with Gasteiger partial charge < -0.3 is 28.7 Å². The first-order chi connectivity index (χ1) is 17.2. The number of aromatic nitrogens is 2. The molecule has 0 saturated carbocycles. The van der Waals surface area contributed by atoms with Crippen LogP contribution < -0.4 is 14.4 Å². The lowest BCUT2D eigenvalue weighted by Crippen LogP contribution is -2.55. The monoisotopic (exact) mass is 516 g/mol. The fraction of sp³-hybridized carbons (Fsp3) is 0.577. The molecule has 2 fully saturated rings. The zero-order valence-corrected chi connectivity index (χ0v) is 22.0. The van der Waals surface area contributed by atoms with Crippen LogP contribution in [0.4, 0.5) is 10.6 Å². The van der Waals surface area contributed by atoms with Crippen LogP contribution in [0.1, 0.15) is 46.5 Å². The molecule has 194 valence electrons. The van der Waals surface area contributed by atoms with Gasteiger partial charge >= 0.3 is 6.09 Å². The zero-order valence-electron chi connectivity index (χ0n) is 21.2. The first-order valence-electron chi connectivity index (χ1n) is 12.4. The molecule has 3 aliphatic heterocycles. The molecule has 0 spiro atoms. The van der Waals surface area contributed by atoms with Crippen LogP contribution in [-0.4, -0.2) is 72.0 Å². The molecule has 3 aliphatic rings. The third-order valence-electron chi connectivity index (χ3n) is 6.91. The summed E-state index contributed by atoms with van der Waals surface area (Å²) in [7, 11) is 1.57. The normalized spacial score (nSPS) is 23.2.